The molecule has 1 aliphatic rings. The van der Waals surface area contributed by atoms with Crippen LogP contribution >= 0.6 is 0 Å². The van der Waals surface area contributed by atoms with Gasteiger partial charge in [0.2, 0.25) is 0 Å². The Morgan fingerprint density at radius 2 is 2.00 bits per heavy atom. The van der Waals surface area contributed by atoms with Gasteiger partial charge in [-0.25, -0.2) is 4.39 Å². The second kappa shape index (κ2) is 8.99. The highest BCUT2D eigenvalue weighted by atomic mass is 19.1. The van der Waals surface area contributed by atoms with Crippen LogP contribution in [0.15, 0.2) is 48.5 Å². The van der Waals surface area contributed by atoms with E-state index in [9.17, 15) is 10.2 Å². The second-order valence-electron chi connectivity index (χ2n) is 8.31. The minimum absolute atomic E-state index is 0.00273. The average Bonchev–Trinajstić information content (AvgIpc) is 2.87. The molecule has 0 saturated heterocycles. The number of phenolic OH excluding ortho intramolecular Hbond substituents is 1. The first-order chi connectivity index (χ1) is 16.9. The fourth-order valence-electron chi connectivity index (χ4n) is 4.55. The maximum Gasteiger partial charge on any atom is 0.318 e. The van der Waals surface area contributed by atoms with E-state index in [4.69, 9.17) is 9.47 Å². The molecule has 9 heteroatoms. The van der Waals surface area contributed by atoms with Crippen molar-refractivity contribution < 1.29 is 24.1 Å². The molecular weight excluding hydrogens is 451 g/mol. The summed E-state index contributed by atoms with van der Waals surface area (Å²) in [6.45, 7) is 2.46. The summed E-state index contributed by atoms with van der Waals surface area (Å²) in [6.07, 6.45) is 3.59. The number of aromatic hydroxyl groups is 1. The van der Waals surface area contributed by atoms with Crippen molar-refractivity contribution in [3.63, 3.8) is 0 Å². The third kappa shape index (κ3) is 3.87. The monoisotopic (exact) mass is 476 g/mol. The van der Waals surface area contributed by atoms with E-state index in [2.05, 4.69) is 15.0 Å². The van der Waals surface area contributed by atoms with E-state index in [0.717, 1.165) is 22.8 Å². The van der Waals surface area contributed by atoms with Gasteiger partial charge in [0.1, 0.15) is 34.6 Å². The van der Waals surface area contributed by atoms with Crippen LogP contribution in [0.25, 0.3) is 32.9 Å². The molecule has 8 nitrogen and oxygen atoms in total. The Kier molecular flexibility index (Phi) is 5.86. The van der Waals surface area contributed by atoms with Crippen LogP contribution in [0.2, 0.25) is 0 Å². The van der Waals surface area contributed by atoms with Crippen LogP contribution in [-0.4, -0.2) is 52.0 Å². The number of aromatic nitrogens is 3. The molecule has 0 fully saturated rings. The zero-order valence-corrected chi connectivity index (χ0v) is 19.6. The quantitative estimate of drug-likeness (QED) is 0.439. The summed E-state index contributed by atoms with van der Waals surface area (Å²) in [5, 5.41) is 22.5. The van der Waals surface area contributed by atoms with Gasteiger partial charge < -0.3 is 24.6 Å². The molecule has 180 valence electrons. The lowest BCUT2D eigenvalue weighted by Crippen LogP contribution is -2.31. The van der Waals surface area contributed by atoms with Crippen molar-refractivity contribution in [1.82, 2.24) is 15.0 Å². The molecular formula is C26H25FN4O4. The number of hydrogen-bond acceptors (Lipinski definition) is 8. The van der Waals surface area contributed by atoms with Crippen molar-refractivity contribution in [2.45, 2.75) is 25.9 Å². The molecule has 3 heterocycles. The molecule has 5 rings (SSSR count). The fraction of sp³-hybridized carbons (Fsp3) is 0.269. The van der Waals surface area contributed by atoms with E-state index in [1.165, 1.54) is 26.5 Å². The lowest BCUT2D eigenvalue weighted by Gasteiger charge is -2.29. The Labute approximate surface area is 201 Å². The standard InChI is InChI=1S/C26H25FN4O4/c1-4-14-6-5-7-15-10-16(32)11-17(21(14)15)23-22(27)24-18(12-28-23)25(30-26(29-24)35-3)31-9-8-19(33)20(13-31)34-2/h5-7,10-13,19,32-33H,4,8-9H2,1-3H3. The van der Waals surface area contributed by atoms with Crippen LogP contribution in [-0.2, 0) is 11.2 Å². The molecule has 0 spiro atoms. The van der Waals surface area contributed by atoms with Gasteiger partial charge in [-0.3, -0.25) is 4.98 Å². The summed E-state index contributed by atoms with van der Waals surface area (Å²) >= 11 is 0. The zero-order valence-electron chi connectivity index (χ0n) is 19.6. The topological polar surface area (TPSA) is 101 Å². The average molecular weight is 477 g/mol. The van der Waals surface area contributed by atoms with Gasteiger partial charge in [0, 0.05) is 24.5 Å². The number of ether oxygens (including phenoxy) is 2. The first kappa shape index (κ1) is 22.8. The summed E-state index contributed by atoms with van der Waals surface area (Å²) in [4.78, 5) is 15.0. The van der Waals surface area contributed by atoms with E-state index >= 15 is 4.39 Å². The molecule has 1 atom stereocenters. The Morgan fingerprint density at radius 3 is 2.74 bits per heavy atom. The molecule has 2 aromatic heterocycles. The van der Waals surface area contributed by atoms with Crippen LogP contribution in [0.1, 0.15) is 18.9 Å². The van der Waals surface area contributed by atoms with Crippen LogP contribution in [0.3, 0.4) is 0 Å². The Balaban J connectivity index is 1.76. The number of benzene rings is 2. The van der Waals surface area contributed by atoms with Gasteiger partial charge in [-0.15, -0.1) is 0 Å². The maximum atomic E-state index is 16.1. The van der Waals surface area contributed by atoms with Crippen LogP contribution in [0, 0.1) is 5.82 Å². The SMILES string of the molecule is CCc1cccc2cc(O)cc(-c3ncc4c(N5C=C(OC)C(O)CC5)nc(OC)nc4c3F)c12. The summed E-state index contributed by atoms with van der Waals surface area (Å²) < 4.78 is 26.7. The Morgan fingerprint density at radius 1 is 1.17 bits per heavy atom. The van der Waals surface area contributed by atoms with Gasteiger partial charge in [0.05, 0.1) is 19.6 Å². The fourth-order valence-corrected chi connectivity index (χ4v) is 4.55. The number of methoxy groups -OCH3 is 2. The molecule has 0 bridgehead atoms. The number of pyridine rings is 1. The van der Waals surface area contributed by atoms with Gasteiger partial charge in [-0.1, -0.05) is 25.1 Å². The van der Waals surface area contributed by atoms with Gasteiger partial charge in [-0.2, -0.15) is 9.97 Å². The Bertz CT molecular complexity index is 1470. The molecule has 2 aromatic carbocycles. The molecule has 0 amide bonds. The van der Waals surface area contributed by atoms with Crippen LogP contribution in [0.5, 0.6) is 11.8 Å². The normalized spacial score (nSPS) is 16.0. The van der Waals surface area contributed by atoms with E-state index in [1.54, 1.807) is 17.2 Å². The minimum Gasteiger partial charge on any atom is -0.508 e. The summed E-state index contributed by atoms with van der Waals surface area (Å²) in [5.74, 6) is 0.147. The molecule has 4 aromatic rings. The lowest BCUT2D eigenvalue weighted by atomic mass is 9.95. The highest BCUT2D eigenvalue weighted by Gasteiger charge is 2.26. The van der Waals surface area contributed by atoms with E-state index in [-0.39, 0.29) is 23.0 Å². The number of rotatable bonds is 5. The van der Waals surface area contributed by atoms with Gasteiger partial charge in [0.25, 0.3) is 0 Å². The van der Waals surface area contributed by atoms with Gasteiger partial charge in [0.15, 0.2) is 5.82 Å². The number of halogens is 1. The van der Waals surface area contributed by atoms with Gasteiger partial charge in [-0.05, 0) is 41.3 Å². The van der Waals surface area contributed by atoms with Crippen molar-refractivity contribution in [3.05, 3.63) is 59.9 Å². The summed E-state index contributed by atoms with van der Waals surface area (Å²) in [7, 11) is 2.90. The number of aryl methyl sites for hydroxylation is 1. The first-order valence-corrected chi connectivity index (χ1v) is 11.3. The molecule has 1 aliphatic heterocycles. The number of nitrogens with zero attached hydrogens (tertiary/aromatic N) is 4. The number of phenols is 1. The third-order valence-electron chi connectivity index (χ3n) is 6.27. The van der Waals surface area contributed by atoms with Crippen molar-refractivity contribution in [2.75, 3.05) is 25.7 Å². The minimum atomic E-state index is -0.723. The maximum absolute atomic E-state index is 16.1. The van der Waals surface area contributed by atoms with Crippen molar-refractivity contribution in [3.8, 4) is 23.0 Å². The highest BCUT2D eigenvalue weighted by molar-refractivity contribution is 6.01. The van der Waals surface area contributed by atoms with Crippen LogP contribution < -0.4 is 9.64 Å². The molecule has 1 unspecified atom stereocenters. The number of hydrogen-bond donors (Lipinski definition) is 2. The lowest BCUT2D eigenvalue weighted by molar-refractivity contribution is 0.116. The van der Waals surface area contributed by atoms with E-state index in [0.29, 0.717) is 35.5 Å². The number of anilines is 1. The van der Waals surface area contributed by atoms with E-state index in [1.807, 2.05) is 25.1 Å². The molecule has 35 heavy (non-hydrogen) atoms. The number of aliphatic hydroxyl groups is 1. The largest absolute Gasteiger partial charge is 0.508 e. The smallest absolute Gasteiger partial charge is 0.318 e. The molecule has 0 saturated carbocycles. The molecule has 0 aliphatic carbocycles. The Hall–Kier alpha value is -3.98. The van der Waals surface area contributed by atoms with E-state index < -0.39 is 11.9 Å². The van der Waals surface area contributed by atoms with Crippen molar-refractivity contribution >= 4 is 27.5 Å². The highest BCUT2D eigenvalue weighted by Crippen LogP contribution is 2.38. The zero-order chi connectivity index (χ0) is 24.7. The second-order valence-corrected chi connectivity index (χ2v) is 8.31. The third-order valence-corrected chi connectivity index (χ3v) is 6.27. The predicted molar refractivity (Wildman–Crippen MR) is 131 cm³/mol. The number of fused-ring (bicyclic) bond motifs is 2. The van der Waals surface area contributed by atoms with Crippen molar-refractivity contribution in [2.24, 2.45) is 0 Å². The molecule has 0 radical (unpaired) electrons. The van der Waals surface area contributed by atoms with Crippen LogP contribution in [0.4, 0.5) is 10.2 Å². The summed E-state index contributed by atoms with van der Waals surface area (Å²) in [6, 6.07) is 8.95. The molecule has 2 N–H and O–H groups in total. The first-order valence-electron chi connectivity index (χ1n) is 11.3. The predicted octanol–water partition coefficient (Wildman–Crippen LogP) is 4.32. The van der Waals surface area contributed by atoms with Gasteiger partial charge >= 0.3 is 6.01 Å². The summed E-state index contributed by atoms with van der Waals surface area (Å²) in [5.41, 5.74) is 1.62. The number of aliphatic hydroxyl groups excluding tert-OH is 1. The van der Waals surface area contributed by atoms with Crippen molar-refractivity contribution in [1.29, 1.82) is 0 Å².